The van der Waals surface area contributed by atoms with Gasteiger partial charge in [0, 0.05) is 19.0 Å². The van der Waals surface area contributed by atoms with Crippen LogP contribution in [0.5, 0.6) is 0 Å². The monoisotopic (exact) mass is 421 g/mol. The second kappa shape index (κ2) is 12.9. The summed E-state index contributed by atoms with van der Waals surface area (Å²) in [5, 5.41) is 22.9. The zero-order valence-corrected chi connectivity index (χ0v) is 19.7. The van der Waals surface area contributed by atoms with Crippen LogP contribution in [0.15, 0.2) is 12.2 Å². The van der Waals surface area contributed by atoms with Crippen LogP contribution in [0.1, 0.15) is 104 Å². The average molecular weight is 422 g/mol. The van der Waals surface area contributed by atoms with Crippen molar-refractivity contribution < 1.29 is 15.0 Å². The number of aliphatic hydroxyl groups excluding tert-OH is 1. The van der Waals surface area contributed by atoms with E-state index in [1.54, 1.807) is 0 Å². The van der Waals surface area contributed by atoms with E-state index in [1.807, 2.05) is 0 Å². The summed E-state index contributed by atoms with van der Waals surface area (Å²) in [6.45, 7) is 7.82. The summed E-state index contributed by atoms with van der Waals surface area (Å²) in [6, 6.07) is 0.504. The van der Waals surface area contributed by atoms with Gasteiger partial charge in [-0.25, -0.2) is 0 Å². The van der Waals surface area contributed by atoms with Gasteiger partial charge in [0.1, 0.15) is 0 Å². The van der Waals surface area contributed by atoms with Crippen molar-refractivity contribution in [3.05, 3.63) is 12.2 Å². The van der Waals surface area contributed by atoms with Crippen LogP contribution in [0.25, 0.3) is 0 Å². The lowest BCUT2D eigenvalue weighted by Crippen LogP contribution is -2.61. The third-order valence-corrected chi connectivity index (χ3v) is 7.96. The van der Waals surface area contributed by atoms with Gasteiger partial charge in [-0.05, 0) is 61.7 Å². The lowest BCUT2D eigenvalue weighted by atomic mass is 9.44. The first-order chi connectivity index (χ1) is 14.4. The van der Waals surface area contributed by atoms with Crippen LogP contribution < -0.4 is 5.32 Å². The van der Waals surface area contributed by atoms with Gasteiger partial charge < -0.3 is 15.5 Å². The Labute approximate surface area is 184 Å². The quantitative estimate of drug-likeness (QED) is 0.213. The summed E-state index contributed by atoms with van der Waals surface area (Å²) in [5.41, 5.74) is 0.442. The van der Waals surface area contributed by atoms with Crippen LogP contribution in [0.3, 0.4) is 0 Å². The Kier molecular flexibility index (Phi) is 10.9. The van der Waals surface area contributed by atoms with Crippen molar-refractivity contribution in [2.45, 2.75) is 116 Å². The van der Waals surface area contributed by atoms with Crippen LogP contribution in [-0.2, 0) is 4.79 Å². The van der Waals surface area contributed by atoms with Crippen LogP contribution in [0, 0.1) is 23.2 Å². The molecule has 4 nitrogen and oxygen atoms in total. The van der Waals surface area contributed by atoms with E-state index in [9.17, 15) is 9.90 Å². The molecule has 3 N–H and O–H groups in total. The fourth-order valence-electron chi connectivity index (χ4n) is 5.80. The highest BCUT2D eigenvalue weighted by atomic mass is 16.4. The molecule has 0 aliphatic heterocycles. The molecule has 0 amide bonds. The molecule has 3 aliphatic carbocycles. The Morgan fingerprint density at radius 1 is 1.10 bits per heavy atom. The summed E-state index contributed by atoms with van der Waals surface area (Å²) < 4.78 is 0. The number of carboxylic acid groups (broad SMARTS) is 1. The number of carboxylic acids is 1. The number of hydrogen-bond donors (Lipinski definition) is 3. The Balaban J connectivity index is 1.73. The lowest BCUT2D eigenvalue weighted by molar-refractivity contribution is -0.137. The summed E-state index contributed by atoms with van der Waals surface area (Å²) in [7, 11) is 0. The highest BCUT2D eigenvalue weighted by molar-refractivity contribution is 5.66. The maximum Gasteiger partial charge on any atom is 0.303 e. The summed E-state index contributed by atoms with van der Waals surface area (Å²) >= 11 is 0. The standard InChI is InChI=1S/C26H47NO3/c1-4-5-6-7-8-11-14-21(28)19-27-24-18-20-17-23(26(20,2)3)22(24)15-12-9-10-13-16-25(29)30/h9,12,20-24,27-28H,4-8,10-11,13-19H2,1-3H3,(H,29,30)/t20-,21?,22+,23?,24?/m1/s1. The van der Waals surface area contributed by atoms with E-state index < -0.39 is 5.97 Å². The predicted octanol–water partition coefficient (Wildman–Crippen LogP) is 5.94. The predicted molar refractivity (Wildman–Crippen MR) is 125 cm³/mol. The largest absolute Gasteiger partial charge is 0.481 e. The van der Waals surface area contributed by atoms with E-state index in [2.05, 4.69) is 38.2 Å². The van der Waals surface area contributed by atoms with E-state index in [1.165, 1.54) is 44.9 Å². The Morgan fingerprint density at radius 2 is 1.83 bits per heavy atom. The highest BCUT2D eigenvalue weighted by Gasteiger charge is 2.56. The molecule has 0 heterocycles. The Morgan fingerprint density at radius 3 is 2.53 bits per heavy atom. The van der Waals surface area contributed by atoms with Crippen molar-refractivity contribution in [2.24, 2.45) is 23.2 Å². The number of hydrogen-bond acceptors (Lipinski definition) is 3. The van der Waals surface area contributed by atoms with Crippen molar-refractivity contribution in [1.29, 1.82) is 0 Å². The number of nitrogens with one attached hydrogen (secondary N) is 1. The number of carbonyl (C=O) groups is 1. The molecule has 3 fully saturated rings. The van der Waals surface area contributed by atoms with Crippen molar-refractivity contribution in [3.8, 4) is 0 Å². The molecule has 174 valence electrons. The molecule has 3 rings (SSSR count). The highest BCUT2D eigenvalue weighted by Crippen LogP contribution is 2.62. The maximum absolute atomic E-state index is 10.6. The van der Waals surface area contributed by atoms with Gasteiger partial charge in [-0.2, -0.15) is 0 Å². The first-order valence-corrected chi connectivity index (χ1v) is 12.6. The fraction of sp³-hybridized carbons (Fsp3) is 0.885. The molecule has 0 aromatic rings. The number of rotatable bonds is 16. The van der Waals surface area contributed by atoms with Crippen molar-refractivity contribution in [1.82, 2.24) is 5.32 Å². The molecule has 0 aromatic heterocycles. The lowest BCUT2D eigenvalue weighted by Gasteiger charge is -2.63. The van der Waals surface area contributed by atoms with Crippen molar-refractivity contribution in [3.63, 3.8) is 0 Å². The molecule has 2 bridgehead atoms. The SMILES string of the molecule is CCCCCCCCC(O)CNC1C[C@H]2CC([C@@H]1CC=CCCCC(=O)O)C2(C)C. The van der Waals surface area contributed by atoms with E-state index in [0.717, 1.165) is 50.5 Å². The molecule has 3 aliphatic rings. The minimum absolute atomic E-state index is 0.227. The third-order valence-electron chi connectivity index (χ3n) is 7.96. The molecule has 0 saturated heterocycles. The molecular weight excluding hydrogens is 374 g/mol. The van der Waals surface area contributed by atoms with Gasteiger partial charge in [0.25, 0.3) is 0 Å². The zero-order chi connectivity index (χ0) is 22.0. The van der Waals surface area contributed by atoms with E-state index in [4.69, 9.17) is 5.11 Å². The molecule has 3 saturated carbocycles. The molecule has 5 atom stereocenters. The summed E-state index contributed by atoms with van der Waals surface area (Å²) in [5.74, 6) is 1.49. The van der Waals surface area contributed by atoms with Gasteiger partial charge in [-0.1, -0.05) is 71.4 Å². The van der Waals surface area contributed by atoms with Crippen LogP contribution >= 0.6 is 0 Å². The van der Waals surface area contributed by atoms with Gasteiger partial charge in [-0.3, -0.25) is 4.79 Å². The number of fused-ring (bicyclic) bond motifs is 2. The smallest absolute Gasteiger partial charge is 0.303 e. The summed E-state index contributed by atoms with van der Waals surface area (Å²) in [4.78, 5) is 10.6. The van der Waals surface area contributed by atoms with E-state index in [-0.39, 0.29) is 12.5 Å². The third kappa shape index (κ3) is 7.67. The summed E-state index contributed by atoms with van der Waals surface area (Å²) in [6.07, 6.45) is 18.2. The second-order valence-corrected chi connectivity index (χ2v) is 10.5. The number of unbranched alkanes of at least 4 members (excludes halogenated alkanes) is 6. The van der Waals surface area contributed by atoms with E-state index >= 15 is 0 Å². The van der Waals surface area contributed by atoms with Crippen LogP contribution in [-0.4, -0.2) is 34.9 Å². The Hall–Kier alpha value is -0.870. The molecular formula is C26H47NO3. The van der Waals surface area contributed by atoms with E-state index in [0.29, 0.717) is 17.4 Å². The van der Waals surface area contributed by atoms with Crippen molar-refractivity contribution >= 4 is 5.97 Å². The zero-order valence-electron chi connectivity index (χ0n) is 19.7. The minimum atomic E-state index is -0.707. The molecule has 3 unspecified atom stereocenters. The van der Waals surface area contributed by atoms with Gasteiger partial charge >= 0.3 is 5.97 Å². The average Bonchev–Trinajstić information content (AvgIpc) is 2.71. The van der Waals surface area contributed by atoms with Gasteiger partial charge in [0.15, 0.2) is 0 Å². The van der Waals surface area contributed by atoms with Crippen LogP contribution in [0.4, 0.5) is 0 Å². The normalized spacial score (nSPS) is 28.4. The number of aliphatic hydroxyl groups is 1. The van der Waals surface area contributed by atoms with Gasteiger partial charge in [0.2, 0.25) is 0 Å². The second-order valence-electron chi connectivity index (χ2n) is 10.5. The van der Waals surface area contributed by atoms with Crippen molar-refractivity contribution in [2.75, 3.05) is 6.54 Å². The molecule has 30 heavy (non-hydrogen) atoms. The molecule has 4 heteroatoms. The molecule has 0 aromatic carbocycles. The molecule has 0 radical (unpaired) electrons. The minimum Gasteiger partial charge on any atom is -0.481 e. The first-order valence-electron chi connectivity index (χ1n) is 12.6. The number of allylic oxidation sites excluding steroid dienone is 2. The maximum atomic E-state index is 10.6. The van der Waals surface area contributed by atoms with Gasteiger partial charge in [-0.15, -0.1) is 0 Å². The molecule has 0 spiro atoms. The topological polar surface area (TPSA) is 69.6 Å². The number of aliphatic carboxylic acids is 1. The fourth-order valence-corrected chi connectivity index (χ4v) is 5.80. The van der Waals surface area contributed by atoms with Gasteiger partial charge in [0.05, 0.1) is 6.10 Å². The van der Waals surface area contributed by atoms with Crippen LogP contribution in [0.2, 0.25) is 0 Å². The first kappa shape index (κ1) is 25.4. The Bertz CT molecular complexity index is 530.